The van der Waals surface area contributed by atoms with E-state index in [4.69, 9.17) is 4.74 Å². The minimum Gasteiger partial charge on any atom is -0.485 e. The molecule has 1 heterocycles. The van der Waals surface area contributed by atoms with Crippen LogP contribution >= 0.6 is 0 Å². The number of ether oxygens (including phenoxy) is 1. The summed E-state index contributed by atoms with van der Waals surface area (Å²) in [6.45, 7) is 7.56. The van der Waals surface area contributed by atoms with Gasteiger partial charge in [-0.3, -0.25) is 4.79 Å². The second-order valence-corrected chi connectivity index (χ2v) is 10.7. The van der Waals surface area contributed by atoms with E-state index in [2.05, 4.69) is 26.0 Å². The molecule has 2 unspecified atom stereocenters. The molecule has 1 fully saturated rings. The summed E-state index contributed by atoms with van der Waals surface area (Å²) in [5.41, 5.74) is 2.50. The quantitative estimate of drug-likeness (QED) is 0.299. The first-order valence-corrected chi connectivity index (χ1v) is 13.4. The van der Waals surface area contributed by atoms with Crippen molar-refractivity contribution in [2.45, 2.75) is 58.2 Å². The fourth-order valence-corrected chi connectivity index (χ4v) is 5.28. The molecule has 3 atom stereocenters. The number of benzene rings is 3. The van der Waals surface area contributed by atoms with Gasteiger partial charge in [0, 0.05) is 19.0 Å². The lowest BCUT2D eigenvalue weighted by Crippen LogP contribution is -2.44. The molecule has 0 radical (unpaired) electrons. The van der Waals surface area contributed by atoms with Gasteiger partial charge in [-0.05, 0) is 73.1 Å². The second-order valence-electron chi connectivity index (χ2n) is 10.7. The molecule has 1 amide bonds. The summed E-state index contributed by atoms with van der Waals surface area (Å²) in [4.78, 5) is 15.5. The van der Waals surface area contributed by atoms with Crippen LogP contribution in [-0.2, 0) is 17.4 Å². The van der Waals surface area contributed by atoms with E-state index in [-0.39, 0.29) is 23.8 Å². The highest BCUT2D eigenvalue weighted by Crippen LogP contribution is 2.36. The number of hydrogen-bond donors (Lipinski definition) is 0. The van der Waals surface area contributed by atoms with E-state index in [1.807, 2.05) is 54.3 Å². The van der Waals surface area contributed by atoms with Gasteiger partial charge in [-0.15, -0.1) is 0 Å². The highest BCUT2D eigenvalue weighted by molar-refractivity contribution is 5.83. The molecule has 0 N–H and O–H groups in total. The highest BCUT2D eigenvalue weighted by Gasteiger charge is 2.34. The third-order valence-corrected chi connectivity index (χ3v) is 7.24. The summed E-state index contributed by atoms with van der Waals surface area (Å²) < 4.78 is 45.5. The predicted molar refractivity (Wildman–Crippen MR) is 144 cm³/mol. The van der Waals surface area contributed by atoms with Crippen LogP contribution in [0, 0.1) is 11.8 Å². The maximum atomic E-state index is 13.6. The number of likely N-dealkylation sites (tertiary alicyclic amines) is 1. The van der Waals surface area contributed by atoms with Gasteiger partial charge in [0.25, 0.3) is 0 Å². The fraction of sp³-hybridized carbons (Fsp3) is 0.406. The molecule has 0 bridgehead atoms. The second kappa shape index (κ2) is 12.1. The first kappa shape index (κ1) is 27.7. The molecule has 6 heteroatoms. The van der Waals surface area contributed by atoms with Crippen LogP contribution in [0.25, 0.3) is 0 Å². The van der Waals surface area contributed by atoms with Crippen molar-refractivity contribution in [3.63, 3.8) is 0 Å². The molecule has 3 aromatic rings. The topological polar surface area (TPSA) is 29.5 Å². The minimum absolute atomic E-state index is 0.0110. The number of alkyl halides is 3. The monoisotopic (exact) mass is 523 g/mol. The normalized spacial score (nSPS) is 17.8. The third kappa shape index (κ3) is 6.97. The number of carbonyl (C=O) groups excluding carboxylic acids is 1. The van der Waals surface area contributed by atoms with Crippen LogP contribution in [0.1, 0.15) is 67.9 Å². The zero-order valence-corrected chi connectivity index (χ0v) is 22.2. The first-order chi connectivity index (χ1) is 18.1. The predicted octanol–water partition coefficient (Wildman–Crippen LogP) is 8.07. The van der Waals surface area contributed by atoms with E-state index in [0.717, 1.165) is 42.5 Å². The first-order valence-electron chi connectivity index (χ1n) is 13.4. The Hall–Kier alpha value is -3.28. The van der Waals surface area contributed by atoms with Crippen LogP contribution in [0.15, 0.2) is 78.9 Å². The van der Waals surface area contributed by atoms with E-state index < -0.39 is 11.7 Å². The number of piperidine rings is 1. The number of amides is 1. The van der Waals surface area contributed by atoms with Crippen LogP contribution < -0.4 is 4.74 Å². The molecule has 3 nitrogen and oxygen atoms in total. The molecule has 0 saturated carbocycles. The Morgan fingerprint density at radius 1 is 0.947 bits per heavy atom. The van der Waals surface area contributed by atoms with Gasteiger partial charge in [-0.25, -0.2) is 0 Å². The zero-order valence-electron chi connectivity index (χ0n) is 22.2. The number of halogens is 3. The van der Waals surface area contributed by atoms with E-state index in [0.29, 0.717) is 24.8 Å². The zero-order chi connectivity index (χ0) is 27.3. The molecular weight excluding hydrogens is 487 g/mol. The van der Waals surface area contributed by atoms with Gasteiger partial charge in [0.15, 0.2) is 0 Å². The van der Waals surface area contributed by atoms with Gasteiger partial charge in [0.2, 0.25) is 5.91 Å². The Morgan fingerprint density at radius 2 is 1.63 bits per heavy atom. The van der Waals surface area contributed by atoms with E-state index in [9.17, 15) is 18.0 Å². The molecule has 1 aliphatic rings. The average Bonchev–Trinajstić information content (AvgIpc) is 2.91. The van der Waals surface area contributed by atoms with Crippen molar-refractivity contribution in [2.24, 2.45) is 11.8 Å². The summed E-state index contributed by atoms with van der Waals surface area (Å²) in [5, 5.41) is 0. The molecule has 0 aliphatic carbocycles. The largest absolute Gasteiger partial charge is 0.485 e. The summed E-state index contributed by atoms with van der Waals surface area (Å²) in [6.07, 6.45) is -2.10. The van der Waals surface area contributed by atoms with Gasteiger partial charge in [-0.2, -0.15) is 13.2 Å². The van der Waals surface area contributed by atoms with Crippen molar-refractivity contribution in [1.82, 2.24) is 4.90 Å². The van der Waals surface area contributed by atoms with Crippen LogP contribution in [-0.4, -0.2) is 23.9 Å². The van der Waals surface area contributed by atoms with Gasteiger partial charge in [0.05, 0.1) is 11.5 Å². The summed E-state index contributed by atoms with van der Waals surface area (Å²) >= 11 is 0. The molecule has 1 aliphatic heterocycles. The molecule has 202 valence electrons. The summed E-state index contributed by atoms with van der Waals surface area (Å²) in [6, 6.07) is 22.9. The molecule has 0 aromatic heterocycles. The van der Waals surface area contributed by atoms with E-state index in [1.54, 1.807) is 0 Å². The van der Waals surface area contributed by atoms with Crippen molar-refractivity contribution >= 4 is 5.91 Å². The number of hydrogen-bond acceptors (Lipinski definition) is 2. The number of carbonyl (C=O) groups is 1. The third-order valence-electron chi connectivity index (χ3n) is 7.24. The van der Waals surface area contributed by atoms with Crippen LogP contribution in [0.4, 0.5) is 13.2 Å². The van der Waals surface area contributed by atoms with E-state index >= 15 is 0 Å². The standard InChI is InChI=1S/C32H36F3NO2/c1-22(2)19-24-9-7-12-26(20-24)23(3)31(37)36-18-8-13-27(21-36)30(25-10-5-4-6-11-25)38-29-16-14-28(15-17-29)32(33,34)35/h4-7,9-12,14-17,20,22-23,27,30H,8,13,18-19,21H2,1-3H3/t23?,27?,30-/m0/s1. The molecule has 0 spiro atoms. The Labute approximate surface area is 223 Å². The lowest BCUT2D eigenvalue weighted by Gasteiger charge is -2.38. The van der Waals surface area contributed by atoms with Gasteiger partial charge < -0.3 is 9.64 Å². The summed E-state index contributed by atoms with van der Waals surface area (Å²) in [5.74, 6) is 0.769. The maximum absolute atomic E-state index is 13.6. The average molecular weight is 524 g/mol. The summed E-state index contributed by atoms with van der Waals surface area (Å²) in [7, 11) is 0. The smallest absolute Gasteiger partial charge is 0.416 e. The van der Waals surface area contributed by atoms with Gasteiger partial charge in [0.1, 0.15) is 11.9 Å². The van der Waals surface area contributed by atoms with Crippen molar-refractivity contribution in [1.29, 1.82) is 0 Å². The molecule has 38 heavy (non-hydrogen) atoms. The number of nitrogens with zero attached hydrogens (tertiary/aromatic N) is 1. The lowest BCUT2D eigenvalue weighted by atomic mass is 9.87. The number of rotatable bonds is 8. The Bertz CT molecular complexity index is 1190. The Kier molecular flexibility index (Phi) is 8.80. The van der Waals surface area contributed by atoms with Crippen LogP contribution in [0.3, 0.4) is 0 Å². The molecule has 4 rings (SSSR count). The van der Waals surface area contributed by atoms with Crippen molar-refractivity contribution in [3.05, 3.63) is 101 Å². The fourth-order valence-electron chi connectivity index (χ4n) is 5.28. The van der Waals surface area contributed by atoms with Crippen molar-refractivity contribution in [3.8, 4) is 5.75 Å². The highest BCUT2D eigenvalue weighted by atomic mass is 19.4. The Balaban J connectivity index is 1.52. The van der Waals surface area contributed by atoms with E-state index in [1.165, 1.54) is 17.7 Å². The van der Waals surface area contributed by atoms with Crippen molar-refractivity contribution in [2.75, 3.05) is 13.1 Å². The maximum Gasteiger partial charge on any atom is 0.416 e. The van der Waals surface area contributed by atoms with Crippen LogP contribution in [0.5, 0.6) is 5.75 Å². The molecule has 1 saturated heterocycles. The van der Waals surface area contributed by atoms with Crippen LogP contribution in [0.2, 0.25) is 0 Å². The Morgan fingerprint density at radius 3 is 2.29 bits per heavy atom. The molecular formula is C32H36F3NO2. The minimum atomic E-state index is -4.40. The SMILES string of the molecule is CC(C)Cc1cccc(C(C)C(=O)N2CCCC([C@@H](Oc3ccc(C(F)(F)F)cc3)c3ccccc3)C2)c1. The molecule has 3 aromatic carbocycles. The van der Waals surface area contributed by atoms with Gasteiger partial charge >= 0.3 is 6.18 Å². The van der Waals surface area contributed by atoms with Gasteiger partial charge in [-0.1, -0.05) is 68.4 Å². The van der Waals surface area contributed by atoms with Crippen molar-refractivity contribution < 1.29 is 22.7 Å². The lowest BCUT2D eigenvalue weighted by molar-refractivity contribution is -0.137.